The first-order valence-corrected chi connectivity index (χ1v) is 9.94. The lowest BCUT2D eigenvalue weighted by atomic mass is 10.2. The summed E-state index contributed by atoms with van der Waals surface area (Å²) >= 11 is 0. The average Bonchev–Trinajstić information content (AvgIpc) is 2.80. The van der Waals surface area contributed by atoms with Gasteiger partial charge in [0.05, 0.1) is 20.2 Å². The molecule has 4 aromatic rings. The van der Waals surface area contributed by atoms with Gasteiger partial charge >= 0.3 is 11.4 Å². The zero-order valence-electron chi connectivity index (χ0n) is 17.4. The van der Waals surface area contributed by atoms with Crippen molar-refractivity contribution >= 4 is 11.6 Å². The number of rotatable bonds is 7. The Hall–Kier alpha value is -4.20. The van der Waals surface area contributed by atoms with Crippen LogP contribution in [0.15, 0.2) is 88.5 Å². The largest absolute Gasteiger partial charge is 0.497 e. The second-order valence-corrected chi connectivity index (χ2v) is 7.14. The normalized spacial score (nSPS) is 10.7. The highest BCUT2D eigenvalue weighted by Crippen LogP contribution is 2.16. The smallest absolute Gasteiger partial charge is 0.355 e. The number of methoxy groups -OCH3 is 1. The van der Waals surface area contributed by atoms with E-state index in [0.29, 0.717) is 11.4 Å². The standard InChI is InChI=1S/C24H21FN4O3/c1-32-21-12-10-18(11-13-21)15-28-22(26-20-9-5-8-19(25)14-20)27-23(30)29(24(28)31)16-17-6-3-2-4-7-17/h2-14H,15-16H2,1H3,(H,26,27,30). The van der Waals surface area contributed by atoms with E-state index in [1.807, 2.05) is 42.5 Å². The molecule has 0 spiro atoms. The molecule has 0 saturated heterocycles. The van der Waals surface area contributed by atoms with Gasteiger partial charge in [-0.05, 0) is 41.5 Å². The van der Waals surface area contributed by atoms with E-state index < -0.39 is 17.2 Å². The van der Waals surface area contributed by atoms with Crippen LogP contribution < -0.4 is 21.4 Å². The van der Waals surface area contributed by atoms with E-state index in [0.717, 1.165) is 15.7 Å². The van der Waals surface area contributed by atoms with Crippen molar-refractivity contribution in [3.8, 4) is 5.75 Å². The molecule has 0 unspecified atom stereocenters. The van der Waals surface area contributed by atoms with Crippen LogP contribution in [-0.2, 0) is 13.1 Å². The molecule has 8 heteroatoms. The molecule has 0 aliphatic carbocycles. The van der Waals surface area contributed by atoms with Gasteiger partial charge in [0.2, 0.25) is 5.95 Å². The first-order valence-electron chi connectivity index (χ1n) is 9.94. The fraction of sp³-hybridized carbons (Fsp3) is 0.125. The molecule has 0 aliphatic heterocycles. The molecular formula is C24H21FN4O3. The fourth-order valence-electron chi connectivity index (χ4n) is 3.28. The molecular weight excluding hydrogens is 411 g/mol. The molecule has 3 aromatic carbocycles. The quantitative estimate of drug-likeness (QED) is 0.484. The maximum Gasteiger partial charge on any atom is 0.355 e. The van der Waals surface area contributed by atoms with E-state index >= 15 is 0 Å². The van der Waals surface area contributed by atoms with Crippen molar-refractivity contribution in [3.63, 3.8) is 0 Å². The minimum absolute atomic E-state index is 0.0331. The minimum Gasteiger partial charge on any atom is -0.497 e. The average molecular weight is 432 g/mol. The predicted octanol–water partition coefficient (Wildman–Crippen LogP) is 3.39. The van der Waals surface area contributed by atoms with Gasteiger partial charge < -0.3 is 10.1 Å². The van der Waals surface area contributed by atoms with Crippen LogP contribution in [-0.4, -0.2) is 21.2 Å². The maximum atomic E-state index is 13.6. The third kappa shape index (κ3) is 4.75. The van der Waals surface area contributed by atoms with Gasteiger partial charge in [0.25, 0.3) is 0 Å². The zero-order valence-corrected chi connectivity index (χ0v) is 17.4. The summed E-state index contributed by atoms with van der Waals surface area (Å²) in [6.45, 7) is 0.247. The Morgan fingerprint density at radius 1 is 0.875 bits per heavy atom. The summed E-state index contributed by atoms with van der Waals surface area (Å²) < 4.78 is 21.3. The molecule has 0 atom stereocenters. The molecule has 32 heavy (non-hydrogen) atoms. The zero-order chi connectivity index (χ0) is 22.5. The van der Waals surface area contributed by atoms with Crippen molar-refractivity contribution in [1.82, 2.24) is 14.1 Å². The van der Waals surface area contributed by atoms with Crippen LogP contribution in [0.1, 0.15) is 11.1 Å². The van der Waals surface area contributed by atoms with Gasteiger partial charge in [-0.15, -0.1) is 0 Å². The molecule has 1 aromatic heterocycles. The lowest BCUT2D eigenvalue weighted by Gasteiger charge is -2.16. The highest BCUT2D eigenvalue weighted by Gasteiger charge is 2.15. The van der Waals surface area contributed by atoms with Crippen molar-refractivity contribution in [2.45, 2.75) is 13.1 Å². The van der Waals surface area contributed by atoms with Gasteiger partial charge in [0.1, 0.15) is 11.6 Å². The molecule has 0 aliphatic rings. The number of benzene rings is 3. The number of hydrogen-bond donors (Lipinski definition) is 1. The number of hydrogen-bond acceptors (Lipinski definition) is 5. The van der Waals surface area contributed by atoms with Crippen LogP contribution in [0.25, 0.3) is 0 Å². The van der Waals surface area contributed by atoms with E-state index in [2.05, 4.69) is 10.3 Å². The molecule has 0 bridgehead atoms. The number of aromatic nitrogens is 3. The first kappa shape index (κ1) is 21.0. The van der Waals surface area contributed by atoms with Crippen molar-refractivity contribution in [2.24, 2.45) is 0 Å². The van der Waals surface area contributed by atoms with Gasteiger partial charge in [-0.2, -0.15) is 4.98 Å². The molecule has 0 fully saturated rings. The molecule has 0 radical (unpaired) electrons. The highest BCUT2D eigenvalue weighted by molar-refractivity contribution is 5.53. The lowest BCUT2D eigenvalue weighted by Crippen LogP contribution is -2.43. The second kappa shape index (κ2) is 9.30. The molecule has 1 N–H and O–H groups in total. The maximum absolute atomic E-state index is 13.6. The Morgan fingerprint density at radius 3 is 2.25 bits per heavy atom. The highest BCUT2D eigenvalue weighted by atomic mass is 19.1. The van der Waals surface area contributed by atoms with Crippen molar-refractivity contribution in [3.05, 3.63) is 117 Å². The summed E-state index contributed by atoms with van der Waals surface area (Å²) in [4.78, 5) is 30.2. The van der Waals surface area contributed by atoms with Crippen LogP contribution in [0.4, 0.5) is 16.0 Å². The molecule has 1 heterocycles. The van der Waals surface area contributed by atoms with Crippen molar-refractivity contribution in [2.75, 3.05) is 12.4 Å². The van der Waals surface area contributed by atoms with E-state index in [4.69, 9.17) is 4.74 Å². The van der Waals surface area contributed by atoms with E-state index in [1.165, 1.54) is 22.8 Å². The number of nitrogens with one attached hydrogen (secondary N) is 1. The molecule has 0 saturated carbocycles. The number of nitrogens with zero attached hydrogens (tertiary/aromatic N) is 3. The Bertz CT molecular complexity index is 1330. The van der Waals surface area contributed by atoms with Crippen LogP contribution in [0.5, 0.6) is 5.75 Å². The van der Waals surface area contributed by atoms with Gasteiger partial charge in [-0.1, -0.05) is 48.5 Å². The minimum atomic E-state index is -0.691. The summed E-state index contributed by atoms with van der Waals surface area (Å²) in [5.74, 6) is 0.272. The SMILES string of the molecule is COc1ccc(Cn2c(Nc3cccc(F)c3)nc(=O)n(Cc3ccccc3)c2=O)cc1. The topological polar surface area (TPSA) is 78.2 Å². The summed E-state index contributed by atoms with van der Waals surface area (Å²) in [5.41, 5.74) is 0.769. The summed E-state index contributed by atoms with van der Waals surface area (Å²) in [6.07, 6.45) is 0. The molecule has 4 rings (SSSR count). The monoisotopic (exact) mass is 432 g/mol. The Labute approximate surface area is 183 Å². The van der Waals surface area contributed by atoms with Gasteiger partial charge in [0.15, 0.2) is 0 Å². The number of halogens is 1. The third-order valence-electron chi connectivity index (χ3n) is 4.91. The van der Waals surface area contributed by atoms with Gasteiger partial charge in [-0.25, -0.2) is 18.5 Å². The van der Waals surface area contributed by atoms with Crippen LogP contribution in [0.2, 0.25) is 0 Å². The second-order valence-electron chi connectivity index (χ2n) is 7.14. The summed E-state index contributed by atoms with van der Waals surface area (Å²) in [6, 6.07) is 22.1. The van der Waals surface area contributed by atoms with E-state index in [1.54, 1.807) is 25.3 Å². The summed E-state index contributed by atoms with van der Waals surface area (Å²) in [5, 5.41) is 2.90. The van der Waals surface area contributed by atoms with E-state index in [-0.39, 0.29) is 19.0 Å². The Kier molecular flexibility index (Phi) is 6.12. The predicted molar refractivity (Wildman–Crippen MR) is 120 cm³/mol. The van der Waals surface area contributed by atoms with Gasteiger partial charge in [-0.3, -0.25) is 4.57 Å². The molecule has 162 valence electrons. The Balaban J connectivity index is 1.78. The fourth-order valence-corrected chi connectivity index (χ4v) is 3.28. The van der Waals surface area contributed by atoms with Crippen molar-refractivity contribution in [1.29, 1.82) is 0 Å². The van der Waals surface area contributed by atoms with Crippen LogP contribution in [0, 0.1) is 5.82 Å². The number of anilines is 2. The first-order chi connectivity index (χ1) is 15.5. The third-order valence-corrected chi connectivity index (χ3v) is 4.91. The lowest BCUT2D eigenvalue weighted by molar-refractivity contribution is 0.414. The van der Waals surface area contributed by atoms with Gasteiger partial charge in [0, 0.05) is 5.69 Å². The van der Waals surface area contributed by atoms with Crippen LogP contribution >= 0.6 is 0 Å². The Morgan fingerprint density at radius 2 is 1.56 bits per heavy atom. The van der Waals surface area contributed by atoms with Crippen LogP contribution in [0.3, 0.4) is 0 Å². The number of ether oxygens (including phenoxy) is 1. The van der Waals surface area contributed by atoms with Crippen molar-refractivity contribution < 1.29 is 9.13 Å². The van der Waals surface area contributed by atoms with E-state index in [9.17, 15) is 14.0 Å². The molecule has 7 nitrogen and oxygen atoms in total. The summed E-state index contributed by atoms with van der Waals surface area (Å²) in [7, 11) is 1.57. The molecule has 0 amide bonds.